The fraction of sp³-hybridized carbons (Fsp3) is 0.105. The van der Waals surface area contributed by atoms with E-state index in [0.29, 0.717) is 0 Å². The molecule has 0 radical (unpaired) electrons. The highest BCUT2D eigenvalue weighted by Crippen LogP contribution is 2.16. The first-order chi connectivity index (χ1) is 13.2. The van der Waals surface area contributed by atoms with E-state index in [9.17, 15) is 22.8 Å². The van der Waals surface area contributed by atoms with E-state index in [1.54, 1.807) is 0 Å². The summed E-state index contributed by atoms with van der Waals surface area (Å²) in [7, 11) is 0. The Morgan fingerprint density at radius 2 is 1.57 bits per heavy atom. The molecule has 2 aromatic carbocycles. The number of hydrogen-bond donors (Lipinski definition) is 2. The van der Waals surface area contributed by atoms with Gasteiger partial charge in [0.1, 0.15) is 28.9 Å². The van der Waals surface area contributed by atoms with Crippen molar-refractivity contribution in [2.45, 2.75) is 6.92 Å². The third-order valence-electron chi connectivity index (χ3n) is 3.51. The molecule has 0 saturated carbocycles. The minimum atomic E-state index is -1.10. The van der Waals surface area contributed by atoms with Crippen LogP contribution in [-0.2, 0) is 9.53 Å². The molecule has 0 unspecified atom stereocenters. The van der Waals surface area contributed by atoms with Gasteiger partial charge in [-0.05, 0) is 43.3 Å². The van der Waals surface area contributed by atoms with Gasteiger partial charge in [-0.1, -0.05) is 6.07 Å². The molecule has 4 N–H and O–H groups in total. The van der Waals surface area contributed by atoms with Crippen molar-refractivity contribution in [3.05, 3.63) is 76.7 Å². The summed E-state index contributed by atoms with van der Waals surface area (Å²) in [4.78, 5) is 28.2. The molecule has 28 heavy (non-hydrogen) atoms. The predicted octanol–water partition coefficient (Wildman–Crippen LogP) is 2.75. The lowest BCUT2D eigenvalue weighted by atomic mass is 10.1. The van der Waals surface area contributed by atoms with Crippen LogP contribution in [0.4, 0.5) is 18.9 Å². The fourth-order valence-electron chi connectivity index (χ4n) is 2.22. The number of allylic oxidation sites excluding steroid dienone is 1. The number of ketones is 1. The summed E-state index contributed by atoms with van der Waals surface area (Å²) < 4.78 is 45.0. The average Bonchev–Trinajstić information content (AvgIpc) is 2.61. The van der Waals surface area contributed by atoms with Crippen LogP contribution in [0, 0.1) is 17.5 Å². The second-order valence-corrected chi connectivity index (χ2v) is 5.63. The minimum Gasteiger partial charge on any atom is -0.454 e. The lowest BCUT2D eigenvalue weighted by Crippen LogP contribution is -2.27. The highest BCUT2D eigenvalue weighted by atomic mass is 19.1. The van der Waals surface area contributed by atoms with Crippen molar-refractivity contribution in [3.8, 4) is 0 Å². The molecule has 9 heteroatoms. The van der Waals surface area contributed by atoms with Crippen molar-refractivity contribution in [2.24, 2.45) is 16.5 Å². The number of ether oxygens (including phenoxy) is 1. The standard InChI is InChI=1S/C19H16F3N3O3/c1-10(23)16(18(24)25-12-7-5-11(20)6-8-12)19(27)28-9-15(26)17-13(21)3-2-4-14(17)22/h2-8H,9,23H2,1H3,(H2,24,25)/b16-10+. The Balaban J connectivity index is 2.17. The zero-order valence-corrected chi connectivity index (χ0v) is 14.7. The Kier molecular flexibility index (Phi) is 6.54. The molecule has 6 nitrogen and oxygen atoms in total. The SMILES string of the molecule is C/C(N)=C(\C(=O)OCC(=O)c1c(F)cccc1F)C(N)=Nc1ccc(F)cc1. The number of esters is 1. The van der Waals surface area contributed by atoms with Crippen LogP contribution >= 0.6 is 0 Å². The van der Waals surface area contributed by atoms with E-state index in [1.165, 1.54) is 19.1 Å². The molecule has 0 aliphatic rings. The van der Waals surface area contributed by atoms with Gasteiger partial charge in [-0.15, -0.1) is 0 Å². The number of carbonyl (C=O) groups is 2. The summed E-state index contributed by atoms with van der Waals surface area (Å²) in [5.41, 5.74) is 10.4. The molecule has 0 aliphatic carbocycles. The first-order valence-electron chi connectivity index (χ1n) is 7.91. The van der Waals surface area contributed by atoms with Crippen LogP contribution in [-0.4, -0.2) is 24.2 Å². The summed E-state index contributed by atoms with van der Waals surface area (Å²) in [5, 5.41) is 0. The monoisotopic (exact) mass is 391 g/mol. The van der Waals surface area contributed by atoms with Crippen LogP contribution in [0.1, 0.15) is 17.3 Å². The Morgan fingerprint density at radius 3 is 2.11 bits per heavy atom. The molecule has 0 heterocycles. The van der Waals surface area contributed by atoms with Gasteiger partial charge >= 0.3 is 5.97 Å². The number of nitrogens with two attached hydrogens (primary N) is 2. The zero-order valence-electron chi connectivity index (χ0n) is 14.7. The number of nitrogens with zero attached hydrogens (tertiary/aromatic N) is 1. The third kappa shape index (κ3) is 4.97. The normalized spacial score (nSPS) is 12.4. The van der Waals surface area contributed by atoms with Crippen molar-refractivity contribution in [1.82, 2.24) is 0 Å². The lowest BCUT2D eigenvalue weighted by Gasteiger charge is -2.10. The molecule has 0 fully saturated rings. The van der Waals surface area contributed by atoms with E-state index >= 15 is 0 Å². The molecule has 0 bridgehead atoms. The van der Waals surface area contributed by atoms with Gasteiger partial charge in [0.25, 0.3) is 0 Å². The van der Waals surface area contributed by atoms with E-state index in [4.69, 9.17) is 16.2 Å². The number of amidine groups is 1. The van der Waals surface area contributed by atoms with E-state index in [-0.39, 0.29) is 22.8 Å². The molecule has 0 aliphatic heterocycles. The first kappa shape index (κ1) is 20.7. The largest absolute Gasteiger partial charge is 0.454 e. The van der Waals surface area contributed by atoms with Gasteiger partial charge in [-0.25, -0.2) is 23.0 Å². The molecular formula is C19H16F3N3O3. The van der Waals surface area contributed by atoms with Crippen LogP contribution in [0.25, 0.3) is 0 Å². The van der Waals surface area contributed by atoms with Crippen LogP contribution in [0.15, 0.2) is 58.7 Å². The summed E-state index contributed by atoms with van der Waals surface area (Å²) in [6.45, 7) is 0.416. The quantitative estimate of drug-likeness (QED) is 0.259. The number of benzene rings is 2. The van der Waals surface area contributed by atoms with Gasteiger partial charge in [0, 0.05) is 5.70 Å². The molecule has 0 spiro atoms. The van der Waals surface area contributed by atoms with Gasteiger partial charge in [0.2, 0.25) is 5.78 Å². The van der Waals surface area contributed by atoms with Gasteiger partial charge in [0.05, 0.1) is 11.3 Å². The average molecular weight is 391 g/mol. The molecule has 2 rings (SSSR count). The Morgan fingerprint density at radius 1 is 1.00 bits per heavy atom. The number of hydrogen-bond acceptors (Lipinski definition) is 5. The van der Waals surface area contributed by atoms with Gasteiger partial charge in [0.15, 0.2) is 6.61 Å². The lowest BCUT2D eigenvalue weighted by molar-refractivity contribution is -0.137. The minimum absolute atomic E-state index is 0.0575. The van der Waals surface area contributed by atoms with Gasteiger partial charge < -0.3 is 16.2 Å². The van der Waals surface area contributed by atoms with E-state index in [1.807, 2.05) is 0 Å². The molecule has 2 aromatic rings. The zero-order chi connectivity index (χ0) is 20.8. The number of rotatable bonds is 6. The highest BCUT2D eigenvalue weighted by Gasteiger charge is 2.22. The Labute approximate surface area is 158 Å². The summed E-state index contributed by atoms with van der Waals surface area (Å²) in [5.74, 6) is -5.16. The van der Waals surface area contributed by atoms with Crippen molar-refractivity contribution in [1.29, 1.82) is 0 Å². The van der Waals surface area contributed by atoms with Crippen molar-refractivity contribution < 1.29 is 27.5 Å². The van der Waals surface area contributed by atoms with Crippen LogP contribution < -0.4 is 11.5 Å². The van der Waals surface area contributed by atoms with Crippen LogP contribution in [0.2, 0.25) is 0 Å². The maximum absolute atomic E-state index is 13.6. The summed E-state index contributed by atoms with van der Waals surface area (Å²) in [6.07, 6.45) is 0. The van der Waals surface area contributed by atoms with Crippen LogP contribution in [0.3, 0.4) is 0 Å². The number of halogens is 3. The van der Waals surface area contributed by atoms with E-state index in [0.717, 1.165) is 30.3 Å². The molecule has 0 aromatic heterocycles. The molecule has 0 amide bonds. The first-order valence-corrected chi connectivity index (χ1v) is 7.91. The van der Waals surface area contributed by atoms with Crippen LogP contribution in [0.5, 0.6) is 0 Å². The predicted molar refractivity (Wildman–Crippen MR) is 96.2 cm³/mol. The summed E-state index contributed by atoms with van der Waals surface area (Å²) in [6, 6.07) is 7.83. The fourth-order valence-corrected chi connectivity index (χ4v) is 2.22. The van der Waals surface area contributed by atoms with E-state index < -0.39 is 41.4 Å². The Bertz CT molecular complexity index is 946. The number of carbonyl (C=O) groups excluding carboxylic acids is 2. The van der Waals surface area contributed by atoms with E-state index in [2.05, 4.69) is 4.99 Å². The van der Waals surface area contributed by atoms with Crippen molar-refractivity contribution >= 4 is 23.3 Å². The van der Waals surface area contributed by atoms with Crippen molar-refractivity contribution in [2.75, 3.05) is 6.61 Å². The number of Topliss-reactive ketones (excluding diaryl/α,β-unsaturated/α-hetero) is 1. The second kappa shape index (κ2) is 8.85. The maximum Gasteiger partial charge on any atom is 0.344 e. The maximum atomic E-state index is 13.6. The smallest absolute Gasteiger partial charge is 0.344 e. The molecule has 0 saturated heterocycles. The number of aliphatic imine (C=N–C) groups is 1. The van der Waals surface area contributed by atoms with Gasteiger partial charge in [-0.2, -0.15) is 0 Å². The molecule has 146 valence electrons. The molecular weight excluding hydrogens is 375 g/mol. The van der Waals surface area contributed by atoms with Gasteiger partial charge in [-0.3, -0.25) is 4.79 Å². The third-order valence-corrected chi connectivity index (χ3v) is 3.51. The Hall–Kier alpha value is -3.62. The summed E-state index contributed by atoms with van der Waals surface area (Å²) >= 11 is 0. The second-order valence-electron chi connectivity index (χ2n) is 5.63. The topological polar surface area (TPSA) is 108 Å². The highest BCUT2D eigenvalue weighted by molar-refractivity contribution is 6.19. The molecule has 0 atom stereocenters. The van der Waals surface area contributed by atoms with Crippen molar-refractivity contribution in [3.63, 3.8) is 0 Å².